The number of para-hydroxylation sites is 1. The van der Waals surface area contributed by atoms with E-state index in [1.165, 1.54) is 23.1 Å². The van der Waals surface area contributed by atoms with Gasteiger partial charge in [-0.2, -0.15) is 4.99 Å². The van der Waals surface area contributed by atoms with Crippen molar-refractivity contribution in [3.8, 4) is 5.75 Å². The Bertz CT molecular complexity index is 957. The molecule has 2 heterocycles. The molecule has 1 amide bonds. The number of nitrogens with one attached hydrogen (secondary N) is 1. The molecule has 2 N–H and O–H groups in total. The molecule has 7 heteroatoms. The SMILES string of the molecule is O=C1N/C(=N\c2nc3ccccc3s2)S/C1=C\c1ccc(O)cc1. The fourth-order valence-electron chi connectivity index (χ4n) is 2.20. The van der Waals surface area contributed by atoms with Crippen LogP contribution in [0.4, 0.5) is 5.13 Å². The molecule has 3 aromatic rings. The van der Waals surface area contributed by atoms with Crippen molar-refractivity contribution in [3.63, 3.8) is 0 Å². The Morgan fingerprint density at radius 2 is 1.92 bits per heavy atom. The lowest BCUT2D eigenvalue weighted by Crippen LogP contribution is -2.19. The van der Waals surface area contributed by atoms with Crippen molar-refractivity contribution in [2.24, 2.45) is 4.99 Å². The number of aromatic nitrogens is 1. The highest BCUT2D eigenvalue weighted by atomic mass is 32.2. The summed E-state index contributed by atoms with van der Waals surface area (Å²) in [6.07, 6.45) is 1.76. The molecule has 5 nitrogen and oxygen atoms in total. The number of amidine groups is 1. The minimum atomic E-state index is -0.187. The number of thiazole rings is 1. The van der Waals surface area contributed by atoms with Gasteiger partial charge < -0.3 is 10.4 Å². The summed E-state index contributed by atoms with van der Waals surface area (Å²) in [7, 11) is 0. The summed E-state index contributed by atoms with van der Waals surface area (Å²) in [6, 6.07) is 14.5. The van der Waals surface area contributed by atoms with Crippen LogP contribution < -0.4 is 5.32 Å². The van der Waals surface area contributed by atoms with E-state index in [2.05, 4.69) is 15.3 Å². The summed E-state index contributed by atoms with van der Waals surface area (Å²) in [4.78, 5) is 21.5. The lowest BCUT2D eigenvalue weighted by atomic mass is 10.2. The summed E-state index contributed by atoms with van der Waals surface area (Å²) in [5, 5.41) is 13.2. The molecule has 0 unspecified atom stereocenters. The number of amides is 1. The van der Waals surface area contributed by atoms with E-state index in [1.54, 1.807) is 30.3 Å². The number of hydrogen-bond donors (Lipinski definition) is 2. The lowest BCUT2D eigenvalue weighted by Gasteiger charge is -1.95. The molecular weight excluding hydrogens is 342 g/mol. The second kappa shape index (κ2) is 6.10. The molecule has 0 bridgehead atoms. The van der Waals surface area contributed by atoms with Gasteiger partial charge in [0.1, 0.15) is 5.75 Å². The van der Waals surface area contributed by atoms with E-state index in [-0.39, 0.29) is 11.7 Å². The van der Waals surface area contributed by atoms with Gasteiger partial charge in [0.2, 0.25) is 5.13 Å². The van der Waals surface area contributed by atoms with Crippen LogP contribution in [0.5, 0.6) is 5.75 Å². The van der Waals surface area contributed by atoms with Gasteiger partial charge in [-0.25, -0.2) is 4.98 Å². The highest BCUT2D eigenvalue weighted by Gasteiger charge is 2.24. The third-order valence-electron chi connectivity index (χ3n) is 3.32. The number of aliphatic imine (C=N–C) groups is 1. The molecule has 1 aliphatic heterocycles. The Balaban J connectivity index is 1.60. The normalized spacial score (nSPS) is 17.8. The van der Waals surface area contributed by atoms with Crippen LogP contribution in [0.15, 0.2) is 58.4 Å². The van der Waals surface area contributed by atoms with Crippen LogP contribution in [0.1, 0.15) is 5.56 Å². The molecule has 1 fully saturated rings. The molecule has 118 valence electrons. The minimum absolute atomic E-state index is 0.187. The highest BCUT2D eigenvalue weighted by Crippen LogP contribution is 2.32. The van der Waals surface area contributed by atoms with Gasteiger partial charge in [0, 0.05) is 0 Å². The van der Waals surface area contributed by atoms with Gasteiger partial charge in [-0.15, -0.1) is 0 Å². The Hall–Kier alpha value is -2.64. The van der Waals surface area contributed by atoms with Crippen molar-refractivity contribution in [2.75, 3.05) is 0 Å². The fraction of sp³-hybridized carbons (Fsp3) is 0. The first-order valence-corrected chi connectivity index (χ1v) is 8.75. The maximum Gasteiger partial charge on any atom is 0.264 e. The predicted molar refractivity (Wildman–Crippen MR) is 98.5 cm³/mol. The maximum atomic E-state index is 12.1. The van der Waals surface area contributed by atoms with E-state index in [4.69, 9.17) is 0 Å². The van der Waals surface area contributed by atoms with Gasteiger partial charge in [0.15, 0.2) is 5.17 Å². The predicted octanol–water partition coefficient (Wildman–Crippen LogP) is 3.89. The van der Waals surface area contributed by atoms with Gasteiger partial charge in [0.05, 0.1) is 15.1 Å². The standard InChI is InChI=1S/C17H11N3O2S2/c21-11-7-5-10(6-8-11)9-14-15(22)19-17(24-14)20-16-18-12-3-1-2-4-13(12)23-16/h1-9,21H,(H,18,19,20,22)/b14-9-. The van der Waals surface area contributed by atoms with Gasteiger partial charge in [-0.1, -0.05) is 35.6 Å². The van der Waals surface area contributed by atoms with E-state index in [9.17, 15) is 9.90 Å². The van der Waals surface area contributed by atoms with Crippen molar-refractivity contribution >= 4 is 55.6 Å². The number of phenols is 1. The van der Waals surface area contributed by atoms with Crippen LogP contribution >= 0.6 is 23.1 Å². The van der Waals surface area contributed by atoms with E-state index in [1.807, 2.05) is 24.3 Å². The first-order valence-electron chi connectivity index (χ1n) is 7.11. The second-order valence-corrected chi connectivity index (χ2v) is 7.08. The van der Waals surface area contributed by atoms with Crippen LogP contribution in [-0.4, -0.2) is 21.2 Å². The number of carbonyl (C=O) groups excluding carboxylic acids is 1. The molecule has 0 atom stereocenters. The van der Waals surface area contributed by atoms with E-state index in [0.29, 0.717) is 15.2 Å². The van der Waals surface area contributed by atoms with Gasteiger partial charge >= 0.3 is 0 Å². The van der Waals surface area contributed by atoms with Crippen LogP contribution in [0.2, 0.25) is 0 Å². The lowest BCUT2D eigenvalue weighted by molar-refractivity contribution is -0.115. The molecule has 0 aliphatic carbocycles. The molecule has 0 radical (unpaired) electrons. The van der Waals surface area contributed by atoms with Gasteiger partial charge in [-0.05, 0) is 47.7 Å². The van der Waals surface area contributed by atoms with E-state index >= 15 is 0 Å². The topological polar surface area (TPSA) is 74.6 Å². The number of rotatable bonds is 2. The van der Waals surface area contributed by atoms with Gasteiger partial charge in [-0.3, -0.25) is 4.79 Å². The Labute approximate surface area is 145 Å². The first-order chi connectivity index (χ1) is 11.7. The van der Waals surface area contributed by atoms with Crippen LogP contribution in [0.25, 0.3) is 16.3 Å². The van der Waals surface area contributed by atoms with Crippen LogP contribution in [0, 0.1) is 0 Å². The zero-order valence-electron chi connectivity index (χ0n) is 12.3. The number of nitrogens with zero attached hydrogens (tertiary/aromatic N) is 2. The number of aromatic hydroxyl groups is 1. The van der Waals surface area contributed by atoms with Crippen molar-refractivity contribution in [1.29, 1.82) is 0 Å². The first kappa shape index (κ1) is 14.9. The highest BCUT2D eigenvalue weighted by molar-refractivity contribution is 8.18. The largest absolute Gasteiger partial charge is 0.508 e. The van der Waals surface area contributed by atoms with Crippen molar-refractivity contribution < 1.29 is 9.90 Å². The number of thioether (sulfide) groups is 1. The number of carbonyl (C=O) groups is 1. The molecule has 1 saturated heterocycles. The third-order valence-corrected chi connectivity index (χ3v) is 5.16. The number of fused-ring (bicyclic) bond motifs is 1. The molecule has 4 rings (SSSR count). The van der Waals surface area contributed by atoms with Crippen molar-refractivity contribution in [2.45, 2.75) is 0 Å². The third kappa shape index (κ3) is 3.04. The Morgan fingerprint density at radius 1 is 1.12 bits per heavy atom. The molecule has 1 aromatic heterocycles. The summed E-state index contributed by atoms with van der Waals surface area (Å²) < 4.78 is 1.06. The zero-order chi connectivity index (χ0) is 16.5. The average molecular weight is 353 g/mol. The van der Waals surface area contributed by atoms with Crippen LogP contribution in [-0.2, 0) is 4.79 Å². The molecular formula is C17H11N3O2S2. The molecule has 0 spiro atoms. The average Bonchev–Trinajstić information content (AvgIpc) is 3.12. The minimum Gasteiger partial charge on any atom is -0.508 e. The monoisotopic (exact) mass is 353 g/mol. The Morgan fingerprint density at radius 3 is 2.71 bits per heavy atom. The molecule has 1 aliphatic rings. The van der Waals surface area contributed by atoms with Crippen LogP contribution in [0.3, 0.4) is 0 Å². The Kier molecular flexibility index (Phi) is 3.79. The van der Waals surface area contributed by atoms with Crippen molar-refractivity contribution in [1.82, 2.24) is 10.3 Å². The number of benzene rings is 2. The quantitative estimate of drug-likeness (QED) is 0.685. The van der Waals surface area contributed by atoms with E-state index in [0.717, 1.165) is 15.8 Å². The molecule has 24 heavy (non-hydrogen) atoms. The van der Waals surface area contributed by atoms with Crippen molar-refractivity contribution in [3.05, 3.63) is 59.0 Å². The molecule has 0 saturated carbocycles. The second-order valence-electron chi connectivity index (χ2n) is 5.04. The summed E-state index contributed by atoms with van der Waals surface area (Å²) >= 11 is 2.76. The maximum absolute atomic E-state index is 12.1. The summed E-state index contributed by atoms with van der Waals surface area (Å²) in [5.74, 6) is 0.00620. The number of hydrogen-bond acceptors (Lipinski definition) is 6. The summed E-state index contributed by atoms with van der Waals surface area (Å²) in [6.45, 7) is 0. The molecule has 2 aromatic carbocycles. The number of phenolic OH excluding ortho intramolecular Hbond substituents is 1. The van der Waals surface area contributed by atoms with Gasteiger partial charge in [0.25, 0.3) is 5.91 Å². The van der Waals surface area contributed by atoms with E-state index < -0.39 is 0 Å². The smallest absolute Gasteiger partial charge is 0.264 e. The summed E-state index contributed by atoms with van der Waals surface area (Å²) in [5.41, 5.74) is 1.74. The fourth-order valence-corrected chi connectivity index (χ4v) is 3.92. The zero-order valence-corrected chi connectivity index (χ0v) is 13.9.